The van der Waals surface area contributed by atoms with Crippen molar-refractivity contribution in [2.45, 2.75) is 13.3 Å². The van der Waals surface area contributed by atoms with E-state index in [1.165, 1.54) is 18.2 Å². The van der Waals surface area contributed by atoms with E-state index in [4.69, 9.17) is 11.6 Å². The molecule has 0 unspecified atom stereocenters. The van der Waals surface area contributed by atoms with Crippen molar-refractivity contribution in [3.8, 4) is 0 Å². The number of rotatable bonds is 3. The monoisotopic (exact) mass is 266 g/mol. The average Bonchev–Trinajstić information content (AvgIpc) is 2.63. The van der Waals surface area contributed by atoms with Gasteiger partial charge in [0, 0.05) is 24.7 Å². The van der Waals surface area contributed by atoms with E-state index in [1.54, 1.807) is 24.9 Å². The van der Waals surface area contributed by atoms with E-state index < -0.39 is 5.82 Å². The molecule has 0 fully saturated rings. The quantitative estimate of drug-likeness (QED) is 0.801. The lowest BCUT2D eigenvalue weighted by atomic mass is 10.0. The van der Waals surface area contributed by atoms with Crippen LogP contribution in [0.5, 0.6) is 0 Å². The summed E-state index contributed by atoms with van der Waals surface area (Å²) in [6, 6.07) is 4.01. The summed E-state index contributed by atoms with van der Waals surface area (Å²) in [5, 5.41) is 4.50. The molecule has 2 aromatic rings. The molecular formula is C13H12ClFN2O. The van der Waals surface area contributed by atoms with Gasteiger partial charge in [-0.2, -0.15) is 5.10 Å². The lowest BCUT2D eigenvalue weighted by molar-refractivity contribution is 0.0992. The highest BCUT2D eigenvalue weighted by molar-refractivity contribution is 6.31. The van der Waals surface area contributed by atoms with Gasteiger partial charge in [0.15, 0.2) is 5.78 Å². The zero-order valence-corrected chi connectivity index (χ0v) is 10.8. The highest BCUT2D eigenvalue weighted by Crippen LogP contribution is 2.19. The Morgan fingerprint density at radius 3 is 2.83 bits per heavy atom. The molecule has 0 aliphatic carbocycles. The van der Waals surface area contributed by atoms with Gasteiger partial charge in [-0.15, -0.1) is 0 Å². The lowest BCUT2D eigenvalue weighted by Gasteiger charge is -2.03. The summed E-state index contributed by atoms with van der Waals surface area (Å²) in [6.45, 7) is 1.76. The van der Waals surface area contributed by atoms with Crippen LogP contribution in [0.2, 0.25) is 5.02 Å². The topological polar surface area (TPSA) is 34.9 Å². The van der Waals surface area contributed by atoms with Gasteiger partial charge in [-0.25, -0.2) is 4.39 Å². The van der Waals surface area contributed by atoms with E-state index in [0.717, 1.165) is 0 Å². The number of aryl methyl sites for hydroxylation is 2. The minimum atomic E-state index is -0.398. The summed E-state index contributed by atoms with van der Waals surface area (Å²) in [5.41, 5.74) is 1.69. The maximum Gasteiger partial charge on any atom is 0.170 e. The van der Waals surface area contributed by atoms with Gasteiger partial charge in [0.25, 0.3) is 0 Å². The number of benzene rings is 1. The van der Waals surface area contributed by atoms with E-state index in [1.807, 2.05) is 0 Å². The van der Waals surface area contributed by atoms with Gasteiger partial charge in [0.1, 0.15) is 5.82 Å². The summed E-state index contributed by atoms with van der Waals surface area (Å²) in [5.74, 6) is -0.516. The number of carbonyl (C=O) groups is 1. The van der Waals surface area contributed by atoms with Crippen LogP contribution in [0.1, 0.15) is 21.6 Å². The summed E-state index contributed by atoms with van der Waals surface area (Å²) in [7, 11) is 1.75. The number of aromatic nitrogens is 2. The SMILES string of the molecule is Cc1nn(C)cc1C(=O)Cc1cc(F)ccc1Cl. The van der Waals surface area contributed by atoms with Crippen LogP contribution < -0.4 is 0 Å². The second kappa shape index (κ2) is 4.90. The van der Waals surface area contributed by atoms with Crippen molar-refractivity contribution in [2.75, 3.05) is 0 Å². The van der Waals surface area contributed by atoms with E-state index in [9.17, 15) is 9.18 Å². The number of halogens is 2. The number of hydrogen-bond acceptors (Lipinski definition) is 2. The molecule has 18 heavy (non-hydrogen) atoms. The summed E-state index contributed by atoms with van der Waals surface area (Å²) in [4.78, 5) is 12.1. The third-order valence-corrected chi connectivity index (χ3v) is 3.04. The molecule has 0 N–H and O–H groups in total. The molecule has 3 nitrogen and oxygen atoms in total. The van der Waals surface area contributed by atoms with Crippen LogP contribution in [0.25, 0.3) is 0 Å². The van der Waals surface area contributed by atoms with Crippen molar-refractivity contribution in [2.24, 2.45) is 7.05 Å². The first-order chi connectivity index (χ1) is 8.47. The lowest BCUT2D eigenvalue weighted by Crippen LogP contribution is -2.05. The average molecular weight is 267 g/mol. The molecule has 0 radical (unpaired) electrons. The minimum Gasteiger partial charge on any atom is -0.294 e. The fourth-order valence-electron chi connectivity index (χ4n) is 1.82. The Bertz CT molecular complexity index is 607. The fourth-order valence-corrected chi connectivity index (χ4v) is 2.00. The van der Waals surface area contributed by atoms with Crippen LogP contribution in [0.4, 0.5) is 4.39 Å². The van der Waals surface area contributed by atoms with E-state index in [2.05, 4.69) is 5.10 Å². The van der Waals surface area contributed by atoms with Crippen molar-refractivity contribution in [1.29, 1.82) is 0 Å². The Labute approximate surface area is 109 Å². The maximum absolute atomic E-state index is 13.1. The van der Waals surface area contributed by atoms with Crippen molar-refractivity contribution in [3.63, 3.8) is 0 Å². The zero-order chi connectivity index (χ0) is 13.3. The number of Topliss-reactive ketones (excluding diaryl/α,β-unsaturated/α-hetero) is 1. The molecule has 0 amide bonds. The molecule has 0 aliphatic rings. The highest BCUT2D eigenvalue weighted by Gasteiger charge is 2.15. The molecule has 94 valence electrons. The second-order valence-corrected chi connectivity index (χ2v) is 4.54. The summed E-state index contributed by atoms with van der Waals surface area (Å²) < 4.78 is 14.7. The number of hydrogen-bond donors (Lipinski definition) is 0. The molecule has 0 atom stereocenters. The molecule has 5 heteroatoms. The highest BCUT2D eigenvalue weighted by atomic mass is 35.5. The zero-order valence-electron chi connectivity index (χ0n) is 10.1. The van der Waals surface area contributed by atoms with Gasteiger partial charge in [-0.3, -0.25) is 9.48 Å². The second-order valence-electron chi connectivity index (χ2n) is 4.14. The molecule has 1 aromatic carbocycles. The Kier molecular flexibility index (Phi) is 3.48. The van der Waals surface area contributed by atoms with E-state index >= 15 is 0 Å². The molecule has 0 bridgehead atoms. The van der Waals surface area contributed by atoms with Gasteiger partial charge in [0.05, 0.1) is 11.3 Å². The van der Waals surface area contributed by atoms with Crippen LogP contribution in [-0.4, -0.2) is 15.6 Å². The van der Waals surface area contributed by atoms with Crippen LogP contribution in [0.3, 0.4) is 0 Å². The molecule has 0 saturated heterocycles. The summed E-state index contributed by atoms with van der Waals surface area (Å²) in [6.07, 6.45) is 1.73. The largest absolute Gasteiger partial charge is 0.294 e. The van der Waals surface area contributed by atoms with E-state index in [0.29, 0.717) is 21.8 Å². The van der Waals surface area contributed by atoms with Crippen LogP contribution in [-0.2, 0) is 13.5 Å². The molecular weight excluding hydrogens is 255 g/mol. The van der Waals surface area contributed by atoms with Crippen molar-refractivity contribution >= 4 is 17.4 Å². The smallest absolute Gasteiger partial charge is 0.170 e. The van der Waals surface area contributed by atoms with Gasteiger partial charge in [0.2, 0.25) is 0 Å². The standard InChI is InChI=1S/C13H12ClFN2O/c1-8-11(7-17(2)16-8)13(18)6-9-5-10(15)3-4-12(9)14/h3-5,7H,6H2,1-2H3. The number of nitrogens with zero attached hydrogens (tertiary/aromatic N) is 2. The van der Waals surface area contributed by atoms with Crippen molar-refractivity contribution in [1.82, 2.24) is 9.78 Å². The van der Waals surface area contributed by atoms with Crippen LogP contribution in [0, 0.1) is 12.7 Å². The Morgan fingerprint density at radius 2 is 2.22 bits per heavy atom. The van der Waals surface area contributed by atoms with E-state index in [-0.39, 0.29) is 12.2 Å². The maximum atomic E-state index is 13.1. The molecule has 0 spiro atoms. The molecule has 0 aliphatic heterocycles. The first-order valence-corrected chi connectivity index (χ1v) is 5.82. The Hall–Kier alpha value is -1.68. The molecule has 1 aromatic heterocycles. The molecule has 0 saturated carbocycles. The van der Waals surface area contributed by atoms with Gasteiger partial charge in [-0.1, -0.05) is 11.6 Å². The minimum absolute atomic E-state index is 0.0725. The van der Waals surface area contributed by atoms with Gasteiger partial charge < -0.3 is 0 Å². The van der Waals surface area contributed by atoms with Gasteiger partial charge >= 0.3 is 0 Å². The first kappa shape index (κ1) is 12.8. The summed E-state index contributed by atoms with van der Waals surface area (Å²) >= 11 is 5.93. The Morgan fingerprint density at radius 1 is 1.50 bits per heavy atom. The number of carbonyl (C=O) groups excluding carboxylic acids is 1. The Balaban J connectivity index is 2.26. The third-order valence-electron chi connectivity index (χ3n) is 2.67. The predicted octanol–water partition coefficient (Wildman–Crippen LogP) is 2.95. The van der Waals surface area contributed by atoms with Crippen molar-refractivity contribution in [3.05, 3.63) is 52.1 Å². The predicted molar refractivity (Wildman–Crippen MR) is 67.4 cm³/mol. The normalized spacial score (nSPS) is 10.7. The molecule has 1 heterocycles. The molecule has 2 rings (SSSR count). The van der Waals surface area contributed by atoms with Crippen LogP contribution in [0.15, 0.2) is 24.4 Å². The number of ketones is 1. The van der Waals surface area contributed by atoms with Crippen molar-refractivity contribution < 1.29 is 9.18 Å². The fraction of sp³-hybridized carbons (Fsp3) is 0.231. The first-order valence-electron chi connectivity index (χ1n) is 5.44. The van der Waals surface area contributed by atoms with Gasteiger partial charge in [-0.05, 0) is 30.7 Å². The van der Waals surface area contributed by atoms with Crippen LogP contribution >= 0.6 is 11.6 Å². The third kappa shape index (κ3) is 2.59.